The van der Waals surface area contributed by atoms with E-state index in [9.17, 15) is 5.11 Å². The Kier molecular flexibility index (Phi) is 2.82. The molecule has 4 nitrogen and oxygen atoms in total. The molecule has 23 heavy (non-hydrogen) atoms. The number of aromatic nitrogens is 2. The van der Waals surface area contributed by atoms with Gasteiger partial charge in [-0.1, -0.05) is 18.2 Å². The Morgan fingerprint density at radius 1 is 1.26 bits per heavy atom. The zero-order valence-corrected chi connectivity index (χ0v) is 13.1. The zero-order chi connectivity index (χ0) is 15.6. The summed E-state index contributed by atoms with van der Waals surface area (Å²) in [6.45, 7) is 2.96. The van der Waals surface area contributed by atoms with E-state index in [0.29, 0.717) is 12.5 Å². The number of aliphatic hydroxyl groups is 1. The van der Waals surface area contributed by atoms with E-state index in [1.807, 2.05) is 6.20 Å². The summed E-state index contributed by atoms with van der Waals surface area (Å²) in [5, 5.41) is 12.5. The van der Waals surface area contributed by atoms with Gasteiger partial charge in [-0.05, 0) is 31.4 Å². The van der Waals surface area contributed by atoms with E-state index in [-0.39, 0.29) is 24.7 Å². The zero-order valence-electron chi connectivity index (χ0n) is 13.1. The average Bonchev–Trinajstić information content (AvgIpc) is 2.92. The van der Waals surface area contributed by atoms with E-state index in [4.69, 9.17) is 4.74 Å². The van der Waals surface area contributed by atoms with Crippen LogP contribution in [0.2, 0.25) is 0 Å². The first kappa shape index (κ1) is 13.5. The number of pyridine rings is 1. The summed E-state index contributed by atoms with van der Waals surface area (Å²) < 4.78 is 8.44. The van der Waals surface area contributed by atoms with E-state index < -0.39 is 0 Å². The third-order valence-electron chi connectivity index (χ3n) is 5.84. The van der Waals surface area contributed by atoms with Gasteiger partial charge in [0.15, 0.2) is 0 Å². The second-order valence-electron chi connectivity index (χ2n) is 6.86. The fourth-order valence-electron chi connectivity index (χ4n) is 4.70. The molecule has 5 rings (SSSR count). The molecule has 2 aliphatic rings. The number of hydrogen-bond acceptors (Lipinski definition) is 3. The maximum absolute atomic E-state index is 9.90. The molecule has 118 valence electrons. The van der Waals surface area contributed by atoms with Gasteiger partial charge in [-0.3, -0.25) is 4.98 Å². The number of aliphatic hydroxyl groups excluding tert-OH is 1. The quantitative estimate of drug-likeness (QED) is 0.752. The summed E-state index contributed by atoms with van der Waals surface area (Å²) >= 11 is 0. The largest absolute Gasteiger partial charge is 0.396 e. The molecule has 2 aliphatic heterocycles. The average molecular weight is 308 g/mol. The van der Waals surface area contributed by atoms with Crippen molar-refractivity contribution in [1.29, 1.82) is 0 Å². The molecule has 1 fully saturated rings. The lowest BCUT2D eigenvalue weighted by atomic mass is 9.76. The van der Waals surface area contributed by atoms with Gasteiger partial charge >= 0.3 is 0 Å². The monoisotopic (exact) mass is 308 g/mol. The van der Waals surface area contributed by atoms with Crippen molar-refractivity contribution < 1.29 is 9.84 Å². The summed E-state index contributed by atoms with van der Waals surface area (Å²) in [7, 11) is 0. The minimum atomic E-state index is 0.101. The molecule has 0 radical (unpaired) electrons. The Balaban J connectivity index is 1.83. The second kappa shape index (κ2) is 4.79. The van der Waals surface area contributed by atoms with E-state index in [0.717, 1.165) is 12.1 Å². The minimum absolute atomic E-state index is 0.101. The van der Waals surface area contributed by atoms with Crippen LogP contribution in [0.15, 0.2) is 36.5 Å². The van der Waals surface area contributed by atoms with Crippen LogP contribution in [0.4, 0.5) is 0 Å². The number of rotatable bonds is 1. The topological polar surface area (TPSA) is 47.3 Å². The highest BCUT2D eigenvalue weighted by Gasteiger charge is 2.43. The van der Waals surface area contributed by atoms with Crippen LogP contribution in [0, 0.1) is 11.8 Å². The van der Waals surface area contributed by atoms with Crippen LogP contribution >= 0.6 is 0 Å². The van der Waals surface area contributed by atoms with Gasteiger partial charge in [-0.25, -0.2) is 0 Å². The Bertz CT molecular complexity index is 901. The van der Waals surface area contributed by atoms with E-state index in [1.165, 1.54) is 21.8 Å². The van der Waals surface area contributed by atoms with Crippen LogP contribution in [0.1, 0.15) is 18.7 Å². The third kappa shape index (κ3) is 1.71. The van der Waals surface area contributed by atoms with Crippen molar-refractivity contribution in [2.75, 3.05) is 13.2 Å². The van der Waals surface area contributed by atoms with Gasteiger partial charge in [-0.2, -0.15) is 0 Å². The van der Waals surface area contributed by atoms with Gasteiger partial charge in [0.05, 0.1) is 30.0 Å². The van der Waals surface area contributed by atoms with Crippen LogP contribution in [0.3, 0.4) is 0 Å². The first-order valence-corrected chi connectivity index (χ1v) is 8.38. The molecule has 3 aromatic rings. The second-order valence-corrected chi connectivity index (χ2v) is 6.86. The van der Waals surface area contributed by atoms with Crippen LogP contribution in [-0.4, -0.2) is 34.0 Å². The first-order chi connectivity index (χ1) is 11.3. The first-order valence-electron chi connectivity index (χ1n) is 8.38. The molecule has 4 atom stereocenters. The van der Waals surface area contributed by atoms with Gasteiger partial charge in [-0.15, -0.1) is 0 Å². The molecule has 4 heterocycles. The van der Waals surface area contributed by atoms with Crippen LogP contribution in [-0.2, 0) is 11.2 Å². The molecule has 0 amide bonds. The summed E-state index contributed by atoms with van der Waals surface area (Å²) in [6.07, 6.45) is 2.95. The molecule has 0 spiro atoms. The summed E-state index contributed by atoms with van der Waals surface area (Å²) in [4.78, 5) is 4.67. The van der Waals surface area contributed by atoms with Crippen molar-refractivity contribution >= 4 is 21.8 Å². The van der Waals surface area contributed by atoms with Gasteiger partial charge in [0.2, 0.25) is 0 Å². The molecule has 0 bridgehead atoms. The van der Waals surface area contributed by atoms with Crippen molar-refractivity contribution in [3.63, 3.8) is 0 Å². The fourth-order valence-corrected chi connectivity index (χ4v) is 4.70. The molecule has 2 aromatic heterocycles. The number of hydrogen-bond donors (Lipinski definition) is 1. The van der Waals surface area contributed by atoms with E-state index >= 15 is 0 Å². The Labute approximate surface area is 134 Å². The smallest absolute Gasteiger partial charge is 0.0714 e. The molecule has 0 saturated carbocycles. The standard InChI is InChI=1S/C19H20N2O2/c1-11-15(9-22)14-8-16-19-13(6-7-20-16)12-4-2-3-5-17(12)21(19)18(14)10-23-11/h2-7,11,14-15,18,22H,8-10H2,1H3. The predicted molar refractivity (Wildman–Crippen MR) is 89.5 cm³/mol. The lowest BCUT2D eigenvalue weighted by Crippen LogP contribution is -2.46. The van der Waals surface area contributed by atoms with Crippen molar-refractivity contribution in [3.8, 4) is 0 Å². The SMILES string of the molecule is CC1OCC2C(Cc3nccc4c5ccccc5n2c34)C1CO. The Hall–Kier alpha value is -1.91. The van der Waals surface area contributed by atoms with E-state index in [2.05, 4.69) is 46.8 Å². The highest BCUT2D eigenvalue weighted by Crippen LogP contribution is 2.45. The van der Waals surface area contributed by atoms with Crippen LogP contribution < -0.4 is 0 Å². The lowest BCUT2D eigenvalue weighted by molar-refractivity contribution is -0.0928. The van der Waals surface area contributed by atoms with Crippen molar-refractivity contribution in [2.24, 2.45) is 11.8 Å². The third-order valence-corrected chi connectivity index (χ3v) is 5.84. The van der Waals surface area contributed by atoms with Crippen LogP contribution in [0.5, 0.6) is 0 Å². The van der Waals surface area contributed by atoms with Gasteiger partial charge < -0.3 is 14.4 Å². The molecule has 0 aliphatic carbocycles. The summed E-state index contributed by atoms with van der Waals surface area (Å²) in [5.41, 5.74) is 3.67. The van der Waals surface area contributed by atoms with E-state index in [1.54, 1.807) is 0 Å². The highest BCUT2D eigenvalue weighted by molar-refractivity contribution is 6.09. The Morgan fingerprint density at radius 3 is 3.00 bits per heavy atom. The predicted octanol–water partition coefficient (Wildman–Crippen LogP) is 2.93. The summed E-state index contributed by atoms with van der Waals surface area (Å²) in [5.74, 6) is 0.547. The molecule has 1 aromatic carbocycles. The number of benzene rings is 1. The normalized spacial score (nSPS) is 29.8. The molecular formula is C19H20N2O2. The number of para-hydroxylation sites is 1. The molecule has 1 saturated heterocycles. The Morgan fingerprint density at radius 2 is 2.13 bits per heavy atom. The van der Waals surface area contributed by atoms with Gasteiger partial charge in [0.1, 0.15) is 0 Å². The van der Waals surface area contributed by atoms with Crippen molar-refractivity contribution in [2.45, 2.75) is 25.5 Å². The van der Waals surface area contributed by atoms with Crippen molar-refractivity contribution in [1.82, 2.24) is 9.55 Å². The van der Waals surface area contributed by atoms with Crippen molar-refractivity contribution in [3.05, 3.63) is 42.2 Å². The lowest BCUT2D eigenvalue weighted by Gasteiger charge is -2.44. The molecule has 4 unspecified atom stereocenters. The molecule has 4 heteroatoms. The fraction of sp³-hybridized carbons (Fsp3) is 0.421. The summed E-state index contributed by atoms with van der Waals surface area (Å²) in [6, 6.07) is 11.0. The minimum Gasteiger partial charge on any atom is -0.396 e. The van der Waals surface area contributed by atoms with Gasteiger partial charge in [0.25, 0.3) is 0 Å². The molecule has 1 N–H and O–H groups in total. The number of nitrogens with zero attached hydrogens (tertiary/aromatic N) is 2. The maximum Gasteiger partial charge on any atom is 0.0714 e. The number of ether oxygens (including phenoxy) is 1. The van der Waals surface area contributed by atoms with Crippen LogP contribution in [0.25, 0.3) is 21.8 Å². The maximum atomic E-state index is 9.90. The van der Waals surface area contributed by atoms with Gasteiger partial charge in [0, 0.05) is 35.0 Å². The highest BCUT2D eigenvalue weighted by atomic mass is 16.5. The number of fused-ring (bicyclic) bond motifs is 5. The molecular weight excluding hydrogens is 288 g/mol.